The second kappa shape index (κ2) is 6.78. The molecule has 0 saturated heterocycles. The fourth-order valence-electron chi connectivity index (χ4n) is 1.93. The highest BCUT2D eigenvalue weighted by Gasteiger charge is 2.16. The standard InChI is InChI=1S/C14H17FN2O2S/c1-3-17(11-6-4-5-10(15)7-11)14-16-12(9-19-2)13(8-18)20-14/h4-7,18H,3,8-9H2,1-2H3. The molecule has 0 saturated carbocycles. The van der Waals surface area contributed by atoms with Gasteiger partial charge in [0.1, 0.15) is 5.82 Å². The zero-order valence-electron chi connectivity index (χ0n) is 11.5. The summed E-state index contributed by atoms with van der Waals surface area (Å²) in [4.78, 5) is 7.17. The number of thiazole rings is 1. The van der Waals surface area contributed by atoms with E-state index in [1.54, 1.807) is 13.2 Å². The summed E-state index contributed by atoms with van der Waals surface area (Å²) in [6, 6.07) is 6.39. The molecular weight excluding hydrogens is 279 g/mol. The van der Waals surface area contributed by atoms with Gasteiger partial charge in [-0.05, 0) is 25.1 Å². The maximum atomic E-state index is 13.3. The van der Waals surface area contributed by atoms with Gasteiger partial charge in [-0.2, -0.15) is 0 Å². The highest BCUT2D eigenvalue weighted by atomic mass is 32.1. The molecule has 108 valence electrons. The Morgan fingerprint density at radius 1 is 1.45 bits per heavy atom. The molecule has 0 aliphatic rings. The first-order chi connectivity index (χ1) is 9.69. The Labute approximate surface area is 121 Å². The van der Waals surface area contributed by atoms with Crippen molar-refractivity contribution < 1.29 is 14.2 Å². The first kappa shape index (κ1) is 14.9. The highest BCUT2D eigenvalue weighted by Crippen LogP contribution is 2.32. The van der Waals surface area contributed by atoms with E-state index in [4.69, 9.17) is 4.74 Å². The van der Waals surface area contributed by atoms with Crippen LogP contribution < -0.4 is 4.90 Å². The van der Waals surface area contributed by atoms with Gasteiger partial charge in [-0.15, -0.1) is 0 Å². The third-order valence-corrected chi connectivity index (χ3v) is 3.96. The lowest BCUT2D eigenvalue weighted by atomic mass is 10.3. The fourth-order valence-corrected chi connectivity index (χ4v) is 2.94. The number of aliphatic hydroxyl groups excluding tert-OH is 1. The van der Waals surface area contributed by atoms with Gasteiger partial charge in [0.25, 0.3) is 0 Å². The number of aliphatic hydroxyl groups is 1. The molecule has 1 aromatic heterocycles. The van der Waals surface area contributed by atoms with Gasteiger partial charge in [0.15, 0.2) is 5.13 Å². The van der Waals surface area contributed by atoms with E-state index in [0.29, 0.717) is 13.2 Å². The second-order valence-electron chi connectivity index (χ2n) is 4.18. The molecule has 6 heteroatoms. The van der Waals surface area contributed by atoms with Crippen LogP contribution in [0.4, 0.5) is 15.2 Å². The molecule has 0 amide bonds. The van der Waals surface area contributed by atoms with E-state index < -0.39 is 0 Å². The summed E-state index contributed by atoms with van der Waals surface area (Å²) < 4.78 is 18.4. The summed E-state index contributed by atoms with van der Waals surface area (Å²) in [5.41, 5.74) is 1.47. The smallest absolute Gasteiger partial charge is 0.190 e. The van der Waals surface area contributed by atoms with Crippen molar-refractivity contribution in [1.29, 1.82) is 0 Å². The Morgan fingerprint density at radius 3 is 2.85 bits per heavy atom. The van der Waals surface area contributed by atoms with Crippen molar-refractivity contribution in [2.24, 2.45) is 0 Å². The lowest BCUT2D eigenvalue weighted by molar-refractivity contribution is 0.179. The van der Waals surface area contributed by atoms with Crippen LogP contribution in [0.5, 0.6) is 0 Å². The zero-order valence-corrected chi connectivity index (χ0v) is 12.3. The minimum Gasteiger partial charge on any atom is -0.391 e. The molecule has 0 aliphatic carbocycles. The highest BCUT2D eigenvalue weighted by molar-refractivity contribution is 7.15. The first-order valence-corrected chi connectivity index (χ1v) is 7.12. The summed E-state index contributed by atoms with van der Waals surface area (Å²) >= 11 is 1.40. The monoisotopic (exact) mass is 296 g/mol. The van der Waals surface area contributed by atoms with Gasteiger partial charge in [0.05, 0.1) is 23.8 Å². The third kappa shape index (κ3) is 3.15. The first-order valence-electron chi connectivity index (χ1n) is 6.31. The molecule has 0 unspecified atom stereocenters. The second-order valence-corrected chi connectivity index (χ2v) is 5.24. The van der Waals surface area contributed by atoms with Crippen molar-refractivity contribution in [2.45, 2.75) is 20.1 Å². The van der Waals surface area contributed by atoms with Crippen molar-refractivity contribution in [3.05, 3.63) is 40.7 Å². The number of hydrogen-bond acceptors (Lipinski definition) is 5. The number of halogens is 1. The molecule has 20 heavy (non-hydrogen) atoms. The van der Waals surface area contributed by atoms with Crippen LogP contribution in [0.2, 0.25) is 0 Å². The molecule has 0 radical (unpaired) electrons. The summed E-state index contributed by atoms with van der Waals surface area (Å²) in [5.74, 6) is -0.281. The van der Waals surface area contributed by atoms with Gasteiger partial charge >= 0.3 is 0 Å². The van der Waals surface area contributed by atoms with E-state index in [9.17, 15) is 9.50 Å². The number of anilines is 2. The van der Waals surface area contributed by atoms with Crippen LogP contribution in [0.15, 0.2) is 24.3 Å². The van der Waals surface area contributed by atoms with Gasteiger partial charge in [0, 0.05) is 19.3 Å². The molecule has 0 atom stereocenters. The van der Waals surface area contributed by atoms with Crippen molar-refractivity contribution in [2.75, 3.05) is 18.6 Å². The average Bonchev–Trinajstić information content (AvgIpc) is 2.83. The summed E-state index contributed by atoms with van der Waals surface area (Å²) in [5, 5.41) is 10.1. The third-order valence-electron chi connectivity index (χ3n) is 2.86. The van der Waals surface area contributed by atoms with E-state index in [0.717, 1.165) is 21.4 Å². The minimum absolute atomic E-state index is 0.0724. The Morgan fingerprint density at radius 2 is 2.25 bits per heavy atom. The summed E-state index contributed by atoms with van der Waals surface area (Å²) in [7, 11) is 1.59. The molecule has 4 nitrogen and oxygen atoms in total. The SMILES string of the molecule is CCN(c1cccc(F)c1)c1nc(COC)c(CO)s1. The number of nitrogens with zero attached hydrogens (tertiary/aromatic N) is 2. The Bertz CT molecular complexity index is 574. The van der Waals surface area contributed by atoms with Crippen molar-refractivity contribution >= 4 is 22.2 Å². The molecular formula is C14H17FN2O2S. The molecule has 2 aromatic rings. The number of methoxy groups -OCH3 is 1. The molecule has 1 heterocycles. The Kier molecular flexibility index (Phi) is 5.05. The number of aromatic nitrogens is 1. The molecule has 1 N–H and O–H groups in total. The van der Waals surface area contributed by atoms with Gasteiger partial charge in [-0.25, -0.2) is 9.37 Å². The lowest BCUT2D eigenvalue weighted by Crippen LogP contribution is -2.15. The predicted octanol–water partition coefficient (Wildman–Crippen LogP) is 3.08. The maximum Gasteiger partial charge on any atom is 0.190 e. The van der Waals surface area contributed by atoms with Gasteiger partial charge < -0.3 is 14.7 Å². The van der Waals surface area contributed by atoms with Gasteiger partial charge in [-0.3, -0.25) is 0 Å². The van der Waals surface area contributed by atoms with E-state index in [1.165, 1.54) is 23.5 Å². The largest absolute Gasteiger partial charge is 0.391 e. The van der Waals surface area contributed by atoms with E-state index in [-0.39, 0.29) is 12.4 Å². The van der Waals surface area contributed by atoms with E-state index in [1.807, 2.05) is 17.9 Å². The maximum absolute atomic E-state index is 13.3. The van der Waals surface area contributed by atoms with Crippen LogP contribution in [0.3, 0.4) is 0 Å². The van der Waals surface area contributed by atoms with Gasteiger partial charge in [-0.1, -0.05) is 17.4 Å². The molecule has 0 fully saturated rings. The number of rotatable bonds is 6. The Balaban J connectivity index is 2.36. The zero-order chi connectivity index (χ0) is 14.5. The van der Waals surface area contributed by atoms with Crippen LogP contribution in [0.1, 0.15) is 17.5 Å². The van der Waals surface area contributed by atoms with Crippen LogP contribution in [0.25, 0.3) is 0 Å². The molecule has 1 aromatic carbocycles. The Hall–Kier alpha value is -1.50. The van der Waals surface area contributed by atoms with Crippen molar-refractivity contribution in [3.63, 3.8) is 0 Å². The van der Waals surface area contributed by atoms with Gasteiger partial charge in [0.2, 0.25) is 0 Å². The molecule has 0 bridgehead atoms. The van der Waals surface area contributed by atoms with E-state index >= 15 is 0 Å². The van der Waals surface area contributed by atoms with Crippen molar-refractivity contribution in [3.8, 4) is 0 Å². The van der Waals surface area contributed by atoms with Crippen LogP contribution >= 0.6 is 11.3 Å². The normalized spacial score (nSPS) is 10.8. The summed E-state index contributed by atoms with van der Waals surface area (Å²) in [6.07, 6.45) is 0. The van der Waals surface area contributed by atoms with Crippen LogP contribution in [-0.2, 0) is 18.0 Å². The predicted molar refractivity (Wildman–Crippen MR) is 77.8 cm³/mol. The van der Waals surface area contributed by atoms with E-state index in [2.05, 4.69) is 4.98 Å². The average molecular weight is 296 g/mol. The number of ether oxygens (including phenoxy) is 1. The fraction of sp³-hybridized carbons (Fsp3) is 0.357. The molecule has 0 aliphatic heterocycles. The minimum atomic E-state index is -0.281. The molecule has 0 spiro atoms. The molecule has 2 rings (SSSR count). The number of hydrogen-bond donors (Lipinski definition) is 1. The van der Waals surface area contributed by atoms with Crippen LogP contribution in [-0.4, -0.2) is 23.7 Å². The number of benzene rings is 1. The lowest BCUT2D eigenvalue weighted by Gasteiger charge is -2.19. The van der Waals surface area contributed by atoms with Crippen LogP contribution in [0, 0.1) is 5.82 Å². The quantitative estimate of drug-likeness (QED) is 0.890. The van der Waals surface area contributed by atoms with Crippen molar-refractivity contribution in [1.82, 2.24) is 4.98 Å². The topological polar surface area (TPSA) is 45.6 Å². The summed E-state index contributed by atoms with van der Waals surface area (Å²) in [6.45, 7) is 2.92.